The highest BCUT2D eigenvalue weighted by Crippen LogP contribution is 2.23. The van der Waals surface area contributed by atoms with Crippen molar-refractivity contribution in [1.82, 2.24) is 5.32 Å². The largest absolute Gasteiger partial charge is 0.478 e. The van der Waals surface area contributed by atoms with E-state index in [4.69, 9.17) is 10.4 Å². The van der Waals surface area contributed by atoms with Gasteiger partial charge in [0.25, 0.3) is 5.91 Å². The zero-order valence-electron chi connectivity index (χ0n) is 11.0. The Hall–Kier alpha value is -2.35. The van der Waals surface area contributed by atoms with E-state index in [2.05, 4.69) is 11.4 Å². The topological polar surface area (TPSA) is 90.2 Å². The number of carboxylic acids is 1. The maximum atomic E-state index is 12.1. The molecule has 2 N–H and O–H groups in total. The van der Waals surface area contributed by atoms with E-state index in [-0.39, 0.29) is 29.0 Å². The molecule has 1 aromatic rings. The van der Waals surface area contributed by atoms with Crippen molar-refractivity contribution in [2.45, 2.75) is 31.7 Å². The van der Waals surface area contributed by atoms with Gasteiger partial charge in [0.05, 0.1) is 17.2 Å². The van der Waals surface area contributed by atoms with Crippen LogP contribution in [0.1, 0.15) is 46.4 Å². The molecule has 0 saturated heterocycles. The summed E-state index contributed by atoms with van der Waals surface area (Å²) < 4.78 is 0. The first-order chi connectivity index (χ1) is 9.61. The number of nitrogens with one attached hydrogen (secondary N) is 1. The number of aromatic carboxylic acids is 1. The number of nitrogens with zero attached hydrogens (tertiary/aromatic N) is 1. The van der Waals surface area contributed by atoms with Crippen LogP contribution < -0.4 is 5.32 Å². The van der Waals surface area contributed by atoms with Crippen molar-refractivity contribution in [1.29, 1.82) is 5.26 Å². The number of rotatable bonds is 3. The van der Waals surface area contributed by atoms with Gasteiger partial charge in [0.1, 0.15) is 0 Å². The van der Waals surface area contributed by atoms with Crippen LogP contribution in [0.25, 0.3) is 0 Å². The third-order valence-electron chi connectivity index (χ3n) is 3.65. The Kier molecular flexibility index (Phi) is 4.36. The SMILES string of the molecule is N#CC1CCC(NC(=O)c2ccccc2C(=O)O)CC1. The first-order valence-corrected chi connectivity index (χ1v) is 6.64. The molecule has 1 aliphatic rings. The molecule has 1 aliphatic carbocycles. The summed E-state index contributed by atoms with van der Waals surface area (Å²) in [5.41, 5.74) is 0.193. The Morgan fingerprint density at radius 3 is 2.30 bits per heavy atom. The summed E-state index contributed by atoms with van der Waals surface area (Å²) in [4.78, 5) is 23.2. The lowest BCUT2D eigenvalue weighted by atomic mass is 9.87. The maximum absolute atomic E-state index is 12.1. The zero-order valence-corrected chi connectivity index (χ0v) is 11.0. The smallest absolute Gasteiger partial charge is 0.336 e. The highest BCUT2D eigenvalue weighted by molar-refractivity contribution is 6.04. The molecule has 20 heavy (non-hydrogen) atoms. The highest BCUT2D eigenvalue weighted by Gasteiger charge is 2.24. The number of carboxylic acid groups (broad SMARTS) is 1. The van der Waals surface area contributed by atoms with Crippen LogP contribution in [0, 0.1) is 17.2 Å². The van der Waals surface area contributed by atoms with Gasteiger partial charge in [-0.15, -0.1) is 0 Å². The van der Waals surface area contributed by atoms with Crippen LogP contribution in [-0.4, -0.2) is 23.0 Å². The minimum absolute atomic E-state index is 0.00992. The lowest BCUT2D eigenvalue weighted by Crippen LogP contribution is -2.38. The van der Waals surface area contributed by atoms with E-state index in [0.717, 1.165) is 25.7 Å². The number of amides is 1. The third kappa shape index (κ3) is 3.15. The predicted molar refractivity (Wildman–Crippen MR) is 72.2 cm³/mol. The maximum Gasteiger partial charge on any atom is 0.336 e. The first kappa shape index (κ1) is 14.1. The zero-order chi connectivity index (χ0) is 14.5. The first-order valence-electron chi connectivity index (χ1n) is 6.64. The van der Waals surface area contributed by atoms with Gasteiger partial charge in [-0.05, 0) is 37.8 Å². The number of hydrogen-bond acceptors (Lipinski definition) is 3. The Balaban J connectivity index is 2.03. The van der Waals surface area contributed by atoms with Crippen LogP contribution in [0.5, 0.6) is 0 Å². The average molecular weight is 272 g/mol. The van der Waals surface area contributed by atoms with Crippen LogP contribution in [0.3, 0.4) is 0 Å². The van der Waals surface area contributed by atoms with E-state index in [1.54, 1.807) is 12.1 Å². The van der Waals surface area contributed by atoms with Crippen molar-refractivity contribution in [3.05, 3.63) is 35.4 Å². The van der Waals surface area contributed by atoms with Gasteiger partial charge in [0, 0.05) is 12.0 Å². The summed E-state index contributed by atoms with van der Waals surface area (Å²) in [7, 11) is 0. The summed E-state index contributed by atoms with van der Waals surface area (Å²) in [5.74, 6) is -1.39. The van der Waals surface area contributed by atoms with Gasteiger partial charge in [0.2, 0.25) is 0 Å². The highest BCUT2D eigenvalue weighted by atomic mass is 16.4. The van der Waals surface area contributed by atoms with E-state index in [1.165, 1.54) is 12.1 Å². The molecule has 1 fully saturated rings. The second-order valence-corrected chi connectivity index (χ2v) is 5.00. The molecule has 0 aliphatic heterocycles. The Bertz CT molecular complexity index is 554. The molecule has 5 nitrogen and oxygen atoms in total. The molecule has 0 aromatic heterocycles. The molecule has 0 bridgehead atoms. The van der Waals surface area contributed by atoms with Crippen molar-refractivity contribution in [3.8, 4) is 6.07 Å². The molecule has 5 heteroatoms. The summed E-state index contributed by atoms with van der Waals surface area (Å²) in [6, 6.07) is 8.44. The van der Waals surface area contributed by atoms with Crippen molar-refractivity contribution >= 4 is 11.9 Å². The number of benzene rings is 1. The van der Waals surface area contributed by atoms with Crippen LogP contribution >= 0.6 is 0 Å². The molecule has 0 spiro atoms. The quantitative estimate of drug-likeness (QED) is 0.882. The van der Waals surface area contributed by atoms with Gasteiger partial charge in [-0.25, -0.2) is 4.79 Å². The van der Waals surface area contributed by atoms with E-state index in [0.29, 0.717) is 0 Å². The minimum Gasteiger partial charge on any atom is -0.478 e. The second kappa shape index (κ2) is 6.20. The monoisotopic (exact) mass is 272 g/mol. The minimum atomic E-state index is -1.11. The number of hydrogen-bond donors (Lipinski definition) is 2. The molecule has 0 atom stereocenters. The van der Waals surface area contributed by atoms with Gasteiger partial charge < -0.3 is 10.4 Å². The van der Waals surface area contributed by atoms with Crippen molar-refractivity contribution in [2.75, 3.05) is 0 Å². The molecular weight excluding hydrogens is 256 g/mol. The van der Waals surface area contributed by atoms with Gasteiger partial charge in [-0.1, -0.05) is 12.1 Å². The average Bonchev–Trinajstić information content (AvgIpc) is 2.48. The van der Waals surface area contributed by atoms with Crippen LogP contribution in [-0.2, 0) is 0 Å². The number of carbonyl (C=O) groups excluding carboxylic acids is 1. The Morgan fingerprint density at radius 1 is 1.15 bits per heavy atom. The number of nitriles is 1. The van der Waals surface area contributed by atoms with Gasteiger partial charge in [0.15, 0.2) is 0 Å². The van der Waals surface area contributed by atoms with Gasteiger partial charge in [-0.3, -0.25) is 4.79 Å². The predicted octanol–water partition coefficient (Wildman–Crippen LogP) is 2.20. The molecule has 0 heterocycles. The molecule has 1 amide bonds. The summed E-state index contributed by atoms with van der Waals surface area (Å²) in [6.07, 6.45) is 3.09. The van der Waals surface area contributed by atoms with Gasteiger partial charge in [-0.2, -0.15) is 5.26 Å². The summed E-state index contributed by atoms with van der Waals surface area (Å²) in [6.45, 7) is 0. The van der Waals surface area contributed by atoms with Crippen LogP contribution in [0.2, 0.25) is 0 Å². The summed E-state index contributed by atoms with van der Waals surface area (Å²) >= 11 is 0. The molecule has 1 aromatic carbocycles. The van der Waals surface area contributed by atoms with Crippen molar-refractivity contribution in [2.24, 2.45) is 5.92 Å². The molecule has 104 valence electrons. The number of carbonyl (C=O) groups is 2. The summed E-state index contributed by atoms with van der Waals surface area (Å²) in [5, 5.41) is 20.8. The van der Waals surface area contributed by atoms with Crippen molar-refractivity contribution in [3.63, 3.8) is 0 Å². The molecule has 0 radical (unpaired) electrons. The Morgan fingerprint density at radius 2 is 1.75 bits per heavy atom. The second-order valence-electron chi connectivity index (χ2n) is 5.00. The fourth-order valence-electron chi connectivity index (χ4n) is 2.50. The Labute approximate surface area is 117 Å². The van der Waals surface area contributed by atoms with Crippen molar-refractivity contribution < 1.29 is 14.7 Å². The van der Waals surface area contributed by atoms with Gasteiger partial charge >= 0.3 is 5.97 Å². The van der Waals surface area contributed by atoms with Crippen LogP contribution in [0.4, 0.5) is 0 Å². The molecule has 2 rings (SSSR count). The molecule has 1 saturated carbocycles. The van der Waals surface area contributed by atoms with E-state index < -0.39 is 5.97 Å². The molecular formula is C15H16N2O3. The lowest BCUT2D eigenvalue weighted by Gasteiger charge is -2.25. The normalized spacial score (nSPS) is 21.8. The lowest BCUT2D eigenvalue weighted by molar-refractivity contribution is 0.0690. The van der Waals surface area contributed by atoms with E-state index in [9.17, 15) is 9.59 Å². The van der Waals surface area contributed by atoms with E-state index >= 15 is 0 Å². The van der Waals surface area contributed by atoms with Crippen LogP contribution in [0.15, 0.2) is 24.3 Å². The third-order valence-corrected chi connectivity index (χ3v) is 3.65. The fraction of sp³-hybridized carbons (Fsp3) is 0.400. The standard InChI is InChI=1S/C15H16N2O3/c16-9-10-5-7-11(8-6-10)17-14(18)12-3-1-2-4-13(12)15(19)20/h1-4,10-11H,5-8H2,(H,17,18)(H,19,20). The van der Waals surface area contributed by atoms with E-state index in [1.807, 2.05) is 0 Å². The molecule has 0 unspecified atom stereocenters. The fourth-order valence-corrected chi connectivity index (χ4v) is 2.50.